The van der Waals surface area contributed by atoms with Crippen molar-refractivity contribution in [3.63, 3.8) is 0 Å². The monoisotopic (exact) mass is 719 g/mol. The summed E-state index contributed by atoms with van der Waals surface area (Å²) in [5.74, 6) is 0. The smallest absolute Gasteiger partial charge is 0.327 e. The number of aromatic amines is 1. The lowest BCUT2D eigenvalue weighted by atomic mass is 9.85. The van der Waals surface area contributed by atoms with Crippen LogP contribution in [0.5, 0.6) is 0 Å². The topological polar surface area (TPSA) is 121 Å². The van der Waals surface area contributed by atoms with Gasteiger partial charge in [0.2, 0.25) is 10.0 Å². The molecule has 0 saturated heterocycles. The van der Waals surface area contributed by atoms with E-state index in [0.29, 0.717) is 28.5 Å². The Morgan fingerprint density at radius 3 is 2.40 bits per heavy atom. The number of aryl methyl sites for hydroxylation is 1. The molecule has 0 spiro atoms. The molecular weight excluding hydrogens is 692 g/mol. The number of hydrogen-bond acceptors (Lipinski definition) is 6. The number of rotatable bonds is 7. The largest absolute Gasteiger partial charge is 0.522 e. The number of halogens is 6. The zero-order valence-electron chi connectivity index (χ0n) is 26.4. The van der Waals surface area contributed by atoms with Crippen molar-refractivity contribution in [1.29, 1.82) is 0 Å². The highest BCUT2D eigenvalue weighted by atomic mass is 32.2. The van der Waals surface area contributed by atoms with Gasteiger partial charge in [0.25, 0.3) is 11.1 Å². The number of H-pyrrole nitrogens is 1. The van der Waals surface area contributed by atoms with Crippen molar-refractivity contribution in [2.24, 2.45) is 7.05 Å². The Bertz CT molecular complexity index is 2450. The number of nitrogens with zero attached hydrogens (tertiary/aromatic N) is 4. The summed E-state index contributed by atoms with van der Waals surface area (Å²) in [7, 11) is -3.13. The summed E-state index contributed by atoms with van der Waals surface area (Å²) in [6, 6.07) is 10.2. The van der Waals surface area contributed by atoms with Gasteiger partial charge in [0.1, 0.15) is 10.3 Å². The zero-order valence-corrected chi connectivity index (χ0v) is 27.2. The maximum Gasteiger partial charge on any atom is 0.522 e. The molecule has 4 heterocycles. The lowest BCUT2D eigenvalue weighted by molar-refractivity contribution is -0.330. The molecule has 17 heteroatoms. The maximum absolute atomic E-state index is 14.7. The quantitative estimate of drug-likeness (QED) is 0.193. The summed E-state index contributed by atoms with van der Waals surface area (Å²) in [4.78, 5) is 28.3. The first kappa shape index (κ1) is 34.7. The van der Waals surface area contributed by atoms with E-state index in [4.69, 9.17) is 0 Å². The van der Waals surface area contributed by atoms with Crippen molar-refractivity contribution in [3.05, 3.63) is 117 Å². The Kier molecular flexibility index (Phi) is 8.34. The summed E-state index contributed by atoms with van der Waals surface area (Å²) in [5.41, 5.74) is 0.350. The number of nitrogens with one attached hydrogen (secondary N) is 1. The second-order valence-corrected chi connectivity index (χ2v) is 14.2. The minimum Gasteiger partial charge on any atom is -0.327 e. The van der Waals surface area contributed by atoms with Crippen LogP contribution in [0.2, 0.25) is 0 Å². The fourth-order valence-electron chi connectivity index (χ4n) is 5.88. The minimum atomic E-state index is -4.88. The van der Waals surface area contributed by atoms with Crippen molar-refractivity contribution >= 4 is 26.5 Å². The standard InChI is InChI=1S/C33H27F6N5O5S/c1-19-11-22(25-14-28(45)42(3)17-26(25)21-6-4-5-20(12-21)18-49-33(37,38)39)7-9-31(19,2)50(47,48)44-27(13-23-8-10-40-30(46)29(23)44)24-15-41-43(16-24)32(34,35)36/h4-8,10-17H,9,18H2,1-3H3,(H,40,46). The van der Waals surface area contributed by atoms with Gasteiger partial charge in [0.15, 0.2) is 0 Å². The lowest BCUT2D eigenvalue weighted by Crippen LogP contribution is -2.42. The molecule has 1 aliphatic carbocycles. The van der Waals surface area contributed by atoms with Crippen LogP contribution in [0.1, 0.15) is 31.4 Å². The molecule has 1 N–H and O–H groups in total. The van der Waals surface area contributed by atoms with E-state index in [0.717, 1.165) is 10.2 Å². The van der Waals surface area contributed by atoms with Gasteiger partial charge >= 0.3 is 12.7 Å². The predicted molar refractivity (Wildman–Crippen MR) is 172 cm³/mol. The van der Waals surface area contributed by atoms with E-state index in [1.165, 1.54) is 68.2 Å². The van der Waals surface area contributed by atoms with Crippen LogP contribution >= 0.6 is 0 Å². The van der Waals surface area contributed by atoms with E-state index in [2.05, 4.69) is 14.8 Å². The van der Waals surface area contributed by atoms with E-state index in [1.54, 1.807) is 24.3 Å². The van der Waals surface area contributed by atoms with Gasteiger partial charge < -0.3 is 9.55 Å². The maximum atomic E-state index is 14.7. The predicted octanol–water partition coefficient (Wildman–Crippen LogP) is 6.44. The van der Waals surface area contributed by atoms with Crippen LogP contribution in [0.15, 0.2) is 94.6 Å². The molecule has 0 radical (unpaired) electrons. The molecule has 262 valence electrons. The van der Waals surface area contributed by atoms with Crippen molar-refractivity contribution in [2.45, 2.75) is 44.3 Å². The van der Waals surface area contributed by atoms with Crippen molar-refractivity contribution in [3.8, 4) is 22.4 Å². The Morgan fingerprint density at radius 2 is 1.74 bits per heavy atom. The molecular formula is C33H27F6N5O5S. The number of pyridine rings is 2. The second kappa shape index (κ2) is 12.0. The molecule has 50 heavy (non-hydrogen) atoms. The number of benzene rings is 1. The van der Waals surface area contributed by atoms with E-state index >= 15 is 0 Å². The molecule has 0 aliphatic heterocycles. The molecule has 1 atom stereocenters. The molecule has 4 aromatic heterocycles. The molecule has 1 aromatic carbocycles. The van der Waals surface area contributed by atoms with Crippen LogP contribution in [0.3, 0.4) is 0 Å². The van der Waals surface area contributed by atoms with Crippen LogP contribution in [-0.4, -0.2) is 42.8 Å². The Morgan fingerprint density at radius 1 is 1.00 bits per heavy atom. The van der Waals surface area contributed by atoms with Crippen LogP contribution in [0.4, 0.5) is 26.3 Å². The molecule has 10 nitrogen and oxygen atoms in total. The van der Waals surface area contributed by atoms with Gasteiger partial charge in [-0.1, -0.05) is 30.4 Å². The third kappa shape index (κ3) is 6.10. The van der Waals surface area contributed by atoms with E-state index in [1.807, 2.05) is 0 Å². The van der Waals surface area contributed by atoms with Crippen LogP contribution in [0, 0.1) is 0 Å². The van der Waals surface area contributed by atoms with Gasteiger partial charge in [-0.25, -0.2) is 12.4 Å². The molecule has 5 aromatic rings. The molecule has 1 unspecified atom stereocenters. The van der Waals surface area contributed by atoms with Gasteiger partial charge in [0.05, 0.1) is 18.5 Å². The van der Waals surface area contributed by atoms with E-state index < -0.39 is 45.2 Å². The summed E-state index contributed by atoms with van der Waals surface area (Å²) in [5, 5.41) is 3.50. The first-order valence-corrected chi connectivity index (χ1v) is 16.2. The molecule has 1 aliphatic rings. The Labute approximate surface area is 279 Å². The number of aromatic nitrogens is 5. The first-order chi connectivity index (χ1) is 23.3. The van der Waals surface area contributed by atoms with Gasteiger partial charge in [-0.3, -0.25) is 14.3 Å². The highest BCUT2D eigenvalue weighted by Crippen LogP contribution is 2.43. The summed E-state index contributed by atoms with van der Waals surface area (Å²) in [6.45, 7) is 2.21. The van der Waals surface area contributed by atoms with Crippen molar-refractivity contribution < 1.29 is 39.5 Å². The molecule has 0 bridgehead atoms. The number of ether oxygens (including phenoxy) is 1. The average molecular weight is 720 g/mol. The SMILES string of the molecule is CC1=CC(c2cc(=O)n(C)cc2-c2cccc(COC(F)(F)F)c2)=CCC1(C)S(=O)(=O)n1c(-c2cnn(C(F)(F)F)c2)cc2cc[nH]c(=O)c21. The normalized spacial score (nSPS) is 17.2. The highest BCUT2D eigenvalue weighted by molar-refractivity contribution is 7.91. The molecule has 0 saturated carbocycles. The second-order valence-electron chi connectivity index (χ2n) is 12.0. The summed E-state index contributed by atoms with van der Waals surface area (Å²) in [6.07, 6.45) is -2.50. The van der Waals surface area contributed by atoms with Crippen LogP contribution < -0.4 is 11.1 Å². The first-order valence-electron chi connectivity index (χ1n) is 14.8. The number of fused-ring (bicyclic) bond motifs is 1. The summed E-state index contributed by atoms with van der Waals surface area (Å²) < 4.78 is 112. The number of alkyl halides is 6. The zero-order chi connectivity index (χ0) is 36.4. The Hall–Kier alpha value is -5.16. The Balaban J connectivity index is 1.45. The third-order valence-electron chi connectivity index (χ3n) is 8.73. The fourth-order valence-corrected chi connectivity index (χ4v) is 7.89. The van der Waals surface area contributed by atoms with Gasteiger partial charge in [-0.05, 0) is 66.3 Å². The third-order valence-corrected chi connectivity index (χ3v) is 11.2. The fraction of sp³-hybridized carbons (Fsp3) is 0.242. The van der Waals surface area contributed by atoms with Crippen molar-refractivity contribution in [1.82, 2.24) is 23.3 Å². The van der Waals surface area contributed by atoms with Gasteiger partial charge in [-0.2, -0.15) is 9.78 Å². The highest BCUT2D eigenvalue weighted by Gasteiger charge is 2.45. The molecule has 0 fully saturated rings. The van der Waals surface area contributed by atoms with Crippen LogP contribution in [0.25, 0.3) is 38.9 Å². The van der Waals surface area contributed by atoms with E-state index in [-0.39, 0.29) is 44.4 Å². The van der Waals surface area contributed by atoms with Crippen molar-refractivity contribution in [2.75, 3.05) is 0 Å². The van der Waals surface area contributed by atoms with Gasteiger partial charge in [0, 0.05) is 48.2 Å². The lowest BCUT2D eigenvalue weighted by Gasteiger charge is -2.34. The van der Waals surface area contributed by atoms with Crippen LogP contribution in [-0.2, 0) is 34.7 Å². The number of hydrogen-bond donors (Lipinski definition) is 1. The number of allylic oxidation sites excluding steroid dienone is 3. The minimum absolute atomic E-state index is 0.164. The molecule has 6 rings (SSSR count). The average Bonchev–Trinajstić information content (AvgIpc) is 3.69. The van der Waals surface area contributed by atoms with E-state index in [9.17, 15) is 44.3 Å². The molecule has 0 amide bonds. The van der Waals surface area contributed by atoms with Gasteiger partial charge in [-0.15, -0.1) is 26.3 Å². The summed E-state index contributed by atoms with van der Waals surface area (Å²) >= 11 is 0.